The first-order valence-electron chi connectivity index (χ1n) is 33.1. The smallest absolute Gasteiger partial charge is 0.0651 e. The summed E-state index contributed by atoms with van der Waals surface area (Å²) in [5.74, 6) is 0. The monoisotopic (exact) mass is 740 g/mol. The molecule has 0 N–H and O–H groups in total. The van der Waals surface area contributed by atoms with Crippen molar-refractivity contribution in [3.63, 3.8) is 0 Å². The van der Waals surface area contributed by atoms with E-state index in [-0.39, 0.29) is 0 Å². The molecule has 9 aromatic carbocycles. The summed E-state index contributed by atoms with van der Waals surface area (Å²) in [6, 6.07) is -36.4. The molecule has 0 bridgehead atoms. The van der Waals surface area contributed by atoms with Crippen LogP contribution in [0.3, 0.4) is 0 Å². The zero-order chi connectivity index (χ0) is 66.3. The normalized spacial score (nSPS) is 20.4. The molecule has 0 aliphatic heterocycles. The molecular formula is C52H35NS. The third-order valence-electron chi connectivity index (χ3n) is 7.86. The van der Waals surface area contributed by atoms with Gasteiger partial charge >= 0.3 is 0 Å². The third-order valence-corrected chi connectivity index (χ3v) is 9.08. The lowest BCUT2D eigenvalue weighted by Gasteiger charge is -2.27. The molecule has 0 aliphatic rings. The van der Waals surface area contributed by atoms with Crippen molar-refractivity contribution in [1.29, 1.82) is 0 Å². The molecule has 0 saturated carbocycles. The van der Waals surface area contributed by atoms with E-state index in [4.69, 9.17) is 27.4 Å². The standard InChI is InChI=1S/C52H35NS/c1-4-13-36(14-5-1)40-19-10-20-46(35-40)53(50-24-12-23-49-48-22-11-21-47(51(48)54-52(49)50)39-17-8-3-9-18-39)45-31-29-38(30-32-45)42-26-28-43-33-41(25-27-44(43)34-42)37-15-6-2-7-16-37/h1-35H/i1D,2D,3D,4D,5D,6D,7D,8D,9D,10D,11D,12D,13D,14D,15D,16D,17D,18D,19D,20D,21D,22D,23D,24D,25D,26D,27D,28D,29D,30D,31D,32D,33D,34D,35D. The van der Waals surface area contributed by atoms with Crippen LogP contribution >= 0.6 is 11.3 Å². The van der Waals surface area contributed by atoms with Crippen molar-refractivity contribution in [2.45, 2.75) is 0 Å². The van der Waals surface area contributed by atoms with Crippen LogP contribution in [0.5, 0.6) is 0 Å². The van der Waals surface area contributed by atoms with Gasteiger partial charge in [0.1, 0.15) is 0 Å². The Hall–Kier alpha value is -6.74. The molecule has 10 aromatic rings. The van der Waals surface area contributed by atoms with Gasteiger partial charge in [0.25, 0.3) is 0 Å². The van der Waals surface area contributed by atoms with E-state index in [1.807, 2.05) is 0 Å². The van der Waals surface area contributed by atoms with Crippen molar-refractivity contribution in [3.8, 4) is 44.5 Å². The molecule has 0 unspecified atom stereocenters. The Morgan fingerprint density at radius 3 is 1.44 bits per heavy atom. The molecular weight excluding hydrogens is 671 g/mol. The highest BCUT2D eigenvalue weighted by atomic mass is 32.1. The van der Waals surface area contributed by atoms with Gasteiger partial charge in [-0.3, -0.25) is 0 Å². The fourth-order valence-electron chi connectivity index (χ4n) is 5.47. The highest BCUT2D eigenvalue weighted by Gasteiger charge is 2.20. The van der Waals surface area contributed by atoms with Gasteiger partial charge in [0.2, 0.25) is 0 Å². The minimum atomic E-state index is -1.33. The number of anilines is 3. The number of thiophene rings is 1. The third kappa shape index (κ3) is 5.84. The summed E-state index contributed by atoms with van der Waals surface area (Å²) in [6.45, 7) is 0. The van der Waals surface area contributed by atoms with Crippen LogP contribution in [0.2, 0.25) is 0 Å². The summed E-state index contributed by atoms with van der Waals surface area (Å²) in [4.78, 5) is 0.417. The molecule has 10 rings (SSSR count). The van der Waals surface area contributed by atoms with Crippen molar-refractivity contribution in [2.75, 3.05) is 4.90 Å². The van der Waals surface area contributed by atoms with Gasteiger partial charge in [-0.15, -0.1) is 11.3 Å². The number of hydrogen-bond donors (Lipinski definition) is 0. The molecule has 1 heterocycles. The lowest BCUT2D eigenvalue weighted by Crippen LogP contribution is -2.10. The maximum atomic E-state index is 9.87. The Morgan fingerprint density at radius 1 is 0.333 bits per heavy atom. The number of rotatable bonds is 7. The van der Waals surface area contributed by atoms with E-state index in [2.05, 4.69) is 0 Å². The van der Waals surface area contributed by atoms with Gasteiger partial charge in [0.15, 0.2) is 0 Å². The van der Waals surface area contributed by atoms with E-state index in [0.29, 0.717) is 16.2 Å². The topological polar surface area (TPSA) is 3.24 Å². The Kier molecular flexibility index (Phi) is 3.07. The number of nitrogens with zero attached hydrogens (tertiary/aromatic N) is 1. The molecule has 0 spiro atoms. The number of hydrogen-bond acceptors (Lipinski definition) is 2. The van der Waals surface area contributed by atoms with E-state index in [0.717, 1.165) is 0 Å². The van der Waals surface area contributed by atoms with Crippen molar-refractivity contribution < 1.29 is 48.0 Å². The summed E-state index contributed by atoms with van der Waals surface area (Å²) in [7, 11) is 0. The molecule has 2 heteroatoms. The first-order chi connectivity index (χ1) is 41.4. The van der Waals surface area contributed by atoms with Crippen molar-refractivity contribution in [2.24, 2.45) is 0 Å². The first kappa shape index (κ1) is 12.1. The fourth-order valence-corrected chi connectivity index (χ4v) is 6.68. The molecule has 1 nitrogen and oxygen atoms in total. The summed E-state index contributed by atoms with van der Waals surface area (Å²) < 4.78 is 314. The highest BCUT2D eigenvalue weighted by molar-refractivity contribution is 7.27. The summed E-state index contributed by atoms with van der Waals surface area (Å²) in [5.41, 5.74) is -10.00. The largest absolute Gasteiger partial charge is 0.309 e. The van der Waals surface area contributed by atoms with Crippen LogP contribution in [-0.2, 0) is 0 Å². The van der Waals surface area contributed by atoms with Crippen LogP contribution in [0.15, 0.2) is 211 Å². The molecule has 0 amide bonds. The first-order valence-corrected chi connectivity index (χ1v) is 16.4. The maximum Gasteiger partial charge on any atom is 0.0651 e. The molecule has 0 radical (unpaired) electrons. The maximum absolute atomic E-state index is 9.87. The minimum absolute atomic E-state index is 0.354. The molecule has 1 aromatic heterocycles. The van der Waals surface area contributed by atoms with Gasteiger partial charge in [-0.1, -0.05) is 169 Å². The lowest BCUT2D eigenvalue weighted by atomic mass is 9.97. The molecule has 54 heavy (non-hydrogen) atoms. The highest BCUT2D eigenvalue weighted by Crippen LogP contribution is 2.47. The predicted octanol–water partition coefficient (Wildman–Crippen LogP) is 15.3. The lowest BCUT2D eigenvalue weighted by molar-refractivity contribution is 1.30. The Balaban J connectivity index is 1.40. The van der Waals surface area contributed by atoms with Crippen molar-refractivity contribution in [3.05, 3.63) is 211 Å². The number of fused-ring (bicyclic) bond motifs is 4. The summed E-state index contributed by atoms with van der Waals surface area (Å²) >= 11 is 0.354. The van der Waals surface area contributed by atoms with E-state index in [9.17, 15) is 20.6 Å². The van der Waals surface area contributed by atoms with Crippen molar-refractivity contribution >= 4 is 59.3 Å². The molecule has 0 fully saturated rings. The second-order valence-corrected chi connectivity index (χ2v) is 12.0. The molecule has 0 aliphatic carbocycles. The summed E-state index contributed by atoms with van der Waals surface area (Å²) in [6.07, 6.45) is 0. The SMILES string of the molecule is [2H]c1c([2H])c([2H])c(-c2c([2H])c([2H])c([2H])c(N(c3c([2H])c([2H])c(-c4c([2H])c([2H])c5c([2H])c(-c6c([2H])c([2H])c([2H])c([2H])c6[2H])c([2H])c([2H])c5c4[2H])c([2H])c3[2H])c3c([2H])c([2H])c([2H])c4c3sc3c(-c5c([2H])c([2H])c([2H])c([2H])c5[2H])c([2H])c([2H])c([2H])c34)c2[2H])c([2H])c1[2H]. The van der Waals surface area contributed by atoms with Crippen LogP contribution < -0.4 is 4.90 Å². The zero-order valence-corrected chi connectivity index (χ0v) is 27.7. The predicted molar refractivity (Wildman–Crippen MR) is 233 cm³/mol. The Morgan fingerprint density at radius 2 is 0.815 bits per heavy atom. The van der Waals surface area contributed by atoms with E-state index < -0.39 is 304 Å². The Labute approximate surface area is 368 Å². The van der Waals surface area contributed by atoms with Crippen molar-refractivity contribution in [1.82, 2.24) is 0 Å². The molecule has 254 valence electrons. The quantitative estimate of drug-likeness (QED) is 0.157. The van der Waals surface area contributed by atoms with Gasteiger partial charge in [0.05, 0.1) is 58.4 Å². The van der Waals surface area contributed by atoms with Crippen LogP contribution in [0, 0.1) is 0 Å². The van der Waals surface area contributed by atoms with E-state index in [1.54, 1.807) is 0 Å². The number of benzene rings is 9. The van der Waals surface area contributed by atoms with Crippen LogP contribution in [0.4, 0.5) is 17.1 Å². The van der Waals surface area contributed by atoms with Crippen LogP contribution in [0.25, 0.3) is 75.5 Å². The molecule has 0 saturated heterocycles. The average Bonchev–Trinajstić information content (AvgIpc) is 1.71. The molecule has 0 atom stereocenters. The second-order valence-electron chi connectivity index (χ2n) is 11.0. The van der Waals surface area contributed by atoms with Crippen LogP contribution in [0.1, 0.15) is 48.0 Å². The van der Waals surface area contributed by atoms with Crippen LogP contribution in [-0.4, -0.2) is 0 Å². The Bertz CT molecular complexity index is 4860. The summed E-state index contributed by atoms with van der Waals surface area (Å²) in [5, 5.41) is -2.68. The van der Waals surface area contributed by atoms with E-state index in [1.165, 1.54) is 0 Å². The average molecular weight is 741 g/mol. The van der Waals surface area contributed by atoms with Gasteiger partial charge in [-0.05, 0) is 97.6 Å². The zero-order valence-electron chi connectivity index (χ0n) is 61.9. The van der Waals surface area contributed by atoms with E-state index >= 15 is 0 Å². The van der Waals surface area contributed by atoms with Gasteiger partial charge in [-0.2, -0.15) is 0 Å². The van der Waals surface area contributed by atoms with Gasteiger partial charge < -0.3 is 4.90 Å². The minimum Gasteiger partial charge on any atom is -0.309 e. The fraction of sp³-hybridized carbons (Fsp3) is 0. The second kappa shape index (κ2) is 13.7. The van der Waals surface area contributed by atoms with Gasteiger partial charge in [0, 0.05) is 26.8 Å². The van der Waals surface area contributed by atoms with Gasteiger partial charge in [-0.25, -0.2) is 0 Å².